The minimum absolute atomic E-state index is 0.260. The number of benzene rings is 1. The van der Waals surface area contributed by atoms with Crippen LogP contribution < -0.4 is 0 Å². The molecule has 2 rings (SSSR count). The summed E-state index contributed by atoms with van der Waals surface area (Å²) < 4.78 is 5.46. The molecule has 0 radical (unpaired) electrons. The summed E-state index contributed by atoms with van der Waals surface area (Å²) in [5, 5.41) is 0. The highest BCUT2D eigenvalue weighted by atomic mass is 32.1. The lowest BCUT2D eigenvalue weighted by Crippen LogP contribution is -2.20. The number of aryl methyl sites for hydroxylation is 1. The smallest absolute Gasteiger partial charge is 0.0892 e. The molecule has 0 fully saturated rings. The molecule has 0 saturated heterocycles. The van der Waals surface area contributed by atoms with Gasteiger partial charge in [0, 0.05) is 6.61 Å². The monoisotopic (exact) mass is 292 g/mol. The molecule has 1 aliphatic rings. The fourth-order valence-corrected chi connectivity index (χ4v) is 3.54. The van der Waals surface area contributed by atoms with Crippen molar-refractivity contribution in [3.05, 3.63) is 34.9 Å². The summed E-state index contributed by atoms with van der Waals surface area (Å²) in [6.45, 7) is 10.1. The Labute approximate surface area is 129 Å². The zero-order chi connectivity index (χ0) is 14.8. The van der Waals surface area contributed by atoms with Crippen molar-refractivity contribution in [3.63, 3.8) is 0 Å². The van der Waals surface area contributed by atoms with Crippen LogP contribution in [0.25, 0.3) is 0 Å². The lowest BCUT2D eigenvalue weighted by Gasteiger charge is -2.31. The first kappa shape index (κ1) is 15.9. The summed E-state index contributed by atoms with van der Waals surface area (Å²) >= 11 is 4.13. The maximum Gasteiger partial charge on any atom is 0.0892 e. The molecular formula is C18H28OS. The Morgan fingerprint density at radius 3 is 2.75 bits per heavy atom. The van der Waals surface area contributed by atoms with Gasteiger partial charge < -0.3 is 4.74 Å². The van der Waals surface area contributed by atoms with Crippen LogP contribution in [-0.4, -0.2) is 12.5 Å². The number of hydrogen-bond acceptors (Lipinski definition) is 2. The number of fused-ring (bicyclic) bond motifs is 1. The predicted octanol–water partition coefficient (Wildman–Crippen LogP) is 5.16. The van der Waals surface area contributed by atoms with Gasteiger partial charge in [-0.15, -0.1) is 0 Å². The number of thiol groups is 1. The second-order valence-corrected chi connectivity index (χ2v) is 7.40. The third-order valence-corrected chi connectivity index (χ3v) is 4.82. The summed E-state index contributed by atoms with van der Waals surface area (Å²) in [6, 6.07) is 7.16. The molecule has 2 heteroatoms. The number of rotatable bonds is 5. The summed E-state index contributed by atoms with van der Waals surface area (Å²) in [7, 11) is 0. The Kier molecular flexibility index (Phi) is 5.19. The molecule has 1 nitrogen and oxygen atoms in total. The van der Waals surface area contributed by atoms with Gasteiger partial charge in [0.2, 0.25) is 0 Å². The van der Waals surface area contributed by atoms with Gasteiger partial charge in [0.15, 0.2) is 0 Å². The van der Waals surface area contributed by atoms with Crippen molar-refractivity contribution in [2.45, 2.75) is 58.8 Å². The molecule has 1 aromatic carbocycles. The van der Waals surface area contributed by atoms with E-state index in [1.807, 2.05) is 0 Å². The van der Waals surface area contributed by atoms with Crippen LogP contribution in [0.4, 0.5) is 0 Å². The molecule has 0 heterocycles. The molecule has 112 valence electrons. The molecule has 0 aliphatic heterocycles. The maximum atomic E-state index is 5.46. The molecule has 0 aromatic heterocycles. The van der Waals surface area contributed by atoms with E-state index in [2.05, 4.69) is 58.5 Å². The Morgan fingerprint density at radius 2 is 2.10 bits per heavy atom. The molecule has 0 N–H and O–H groups in total. The maximum absolute atomic E-state index is 5.46. The third kappa shape index (κ3) is 3.59. The summed E-state index contributed by atoms with van der Waals surface area (Å²) in [5.74, 6) is 1.78. The zero-order valence-corrected chi connectivity index (χ0v) is 14.2. The summed E-state index contributed by atoms with van der Waals surface area (Å²) in [4.78, 5) is 0. The SMILES string of the molecule is CC1CCc2ccc(C(CCOCS)C(C)(C)C)cc21. The van der Waals surface area contributed by atoms with E-state index in [1.54, 1.807) is 11.1 Å². The highest BCUT2D eigenvalue weighted by Crippen LogP contribution is 2.41. The van der Waals surface area contributed by atoms with Crippen molar-refractivity contribution in [2.24, 2.45) is 5.41 Å². The van der Waals surface area contributed by atoms with Crippen LogP contribution >= 0.6 is 12.6 Å². The molecule has 2 unspecified atom stereocenters. The normalized spacial score (nSPS) is 19.9. The zero-order valence-electron chi connectivity index (χ0n) is 13.3. The van der Waals surface area contributed by atoms with Gasteiger partial charge >= 0.3 is 0 Å². The molecule has 1 aliphatic carbocycles. The summed E-state index contributed by atoms with van der Waals surface area (Å²) in [5.41, 5.74) is 4.87. The van der Waals surface area contributed by atoms with Gasteiger partial charge in [-0.25, -0.2) is 0 Å². The Hall–Kier alpha value is -0.470. The van der Waals surface area contributed by atoms with Crippen LogP contribution in [0.15, 0.2) is 18.2 Å². The van der Waals surface area contributed by atoms with E-state index < -0.39 is 0 Å². The van der Waals surface area contributed by atoms with E-state index in [-0.39, 0.29) is 5.41 Å². The van der Waals surface area contributed by atoms with Crippen molar-refractivity contribution >= 4 is 12.6 Å². The van der Waals surface area contributed by atoms with Crippen LogP contribution in [0, 0.1) is 5.41 Å². The van der Waals surface area contributed by atoms with E-state index >= 15 is 0 Å². The van der Waals surface area contributed by atoms with E-state index in [1.165, 1.54) is 18.4 Å². The lowest BCUT2D eigenvalue weighted by atomic mass is 9.74. The van der Waals surface area contributed by atoms with Gasteiger partial charge in [-0.3, -0.25) is 0 Å². The number of ether oxygens (including phenoxy) is 1. The molecule has 0 saturated carbocycles. The van der Waals surface area contributed by atoms with E-state index in [0.29, 0.717) is 11.9 Å². The fourth-order valence-electron chi connectivity index (χ4n) is 3.41. The molecule has 0 amide bonds. The van der Waals surface area contributed by atoms with Crippen LogP contribution in [0.2, 0.25) is 0 Å². The third-order valence-electron chi connectivity index (χ3n) is 4.64. The van der Waals surface area contributed by atoms with Crippen molar-refractivity contribution in [3.8, 4) is 0 Å². The van der Waals surface area contributed by atoms with Gasteiger partial charge in [0.25, 0.3) is 0 Å². The first-order chi connectivity index (χ1) is 9.43. The highest BCUT2D eigenvalue weighted by molar-refractivity contribution is 7.80. The standard InChI is InChI=1S/C18H28OS/c1-13-5-6-14-7-8-15(11-16(13)14)17(18(2,3)4)9-10-19-12-20/h7-8,11,13,17,20H,5-6,9-10,12H2,1-4H3. The predicted molar refractivity (Wildman–Crippen MR) is 89.8 cm³/mol. The minimum atomic E-state index is 0.260. The Bertz CT molecular complexity index is 447. The molecular weight excluding hydrogens is 264 g/mol. The highest BCUT2D eigenvalue weighted by Gasteiger charge is 2.28. The van der Waals surface area contributed by atoms with Crippen molar-refractivity contribution in [1.82, 2.24) is 0 Å². The van der Waals surface area contributed by atoms with Crippen LogP contribution in [0.5, 0.6) is 0 Å². The van der Waals surface area contributed by atoms with Gasteiger partial charge in [-0.05, 0) is 53.2 Å². The number of hydrogen-bond donors (Lipinski definition) is 1. The van der Waals surface area contributed by atoms with Gasteiger partial charge in [-0.2, -0.15) is 12.6 Å². The van der Waals surface area contributed by atoms with E-state index in [0.717, 1.165) is 18.9 Å². The van der Waals surface area contributed by atoms with Crippen molar-refractivity contribution in [1.29, 1.82) is 0 Å². The van der Waals surface area contributed by atoms with Gasteiger partial charge in [-0.1, -0.05) is 45.9 Å². The quantitative estimate of drug-likeness (QED) is 0.448. The van der Waals surface area contributed by atoms with E-state index in [9.17, 15) is 0 Å². The molecule has 20 heavy (non-hydrogen) atoms. The average Bonchev–Trinajstić information content (AvgIpc) is 2.75. The van der Waals surface area contributed by atoms with Crippen molar-refractivity contribution in [2.75, 3.05) is 12.5 Å². The summed E-state index contributed by atoms with van der Waals surface area (Å²) in [6.07, 6.45) is 3.62. The lowest BCUT2D eigenvalue weighted by molar-refractivity contribution is 0.154. The first-order valence-electron chi connectivity index (χ1n) is 7.75. The van der Waals surface area contributed by atoms with Crippen LogP contribution in [0.3, 0.4) is 0 Å². The molecule has 1 aromatic rings. The largest absolute Gasteiger partial charge is 0.371 e. The van der Waals surface area contributed by atoms with Crippen LogP contribution in [-0.2, 0) is 11.2 Å². The van der Waals surface area contributed by atoms with E-state index in [4.69, 9.17) is 4.74 Å². The Balaban J connectivity index is 2.23. The Morgan fingerprint density at radius 1 is 1.35 bits per heavy atom. The minimum Gasteiger partial charge on any atom is -0.371 e. The topological polar surface area (TPSA) is 9.23 Å². The molecule has 0 spiro atoms. The first-order valence-corrected chi connectivity index (χ1v) is 8.38. The second kappa shape index (κ2) is 6.53. The average molecular weight is 292 g/mol. The van der Waals surface area contributed by atoms with Crippen molar-refractivity contribution < 1.29 is 4.74 Å². The molecule has 2 atom stereocenters. The molecule has 0 bridgehead atoms. The fraction of sp³-hybridized carbons (Fsp3) is 0.667. The van der Waals surface area contributed by atoms with Crippen LogP contribution in [0.1, 0.15) is 69.1 Å². The van der Waals surface area contributed by atoms with Gasteiger partial charge in [0.1, 0.15) is 0 Å². The van der Waals surface area contributed by atoms with Gasteiger partial charge in [0.05, 0.1) is 5.94 Å². The second-order valence-electron chi connectivity index (χ2n) is 7.14.